The first-order valence-corrected chi connectivity index (χ1v) is 10.5. The van der Waals surface area contributed by atoms with E-state index in [4.69, 9.17) is 4.98 Å². The van der Waals surface area contributed by atoms with Crippen LogP contribution in [0.25, 0.3) is 22.7 Å². The molecule has 0 aliphatic heterocycles. The molecule has 0 amide bonds. The van der Waals surface area contributed by atoms with Crippen molar-refractivity contribution in [3.05, 3.63) is 78.1 Å². The number of nitrogens with zero attached hydrogens (tertiary/aromatic N) is 7. The maximum absolute atomic E-state index is 10.2. The number of rotatable bonds is 5. The molecular formula is C24H22N8O. The van der Waals surface area contributed by atoms with Crippen molar-refractivity contribution < 1.29 is 5.11 Å². The van der Waals surface area contributed by atoms with Crippen LogP contribution >= 0.6 is 0 Å². The fraction of sp³-hybridized carbons (Fsp3) is 0.167. The minimum atomic E-state index is -0.709. The summed E-state index contributed by atoms with van der Waals surface area (Å²) in [6.07, 6.45) is 4.51. The number of pyridine rings is 2. The zero-order valence-corrected chi connectivity index (χ0v) is 18.4. The summed E-state index contributed by atoms with van der Waals surface area (Å²) in [5.41, 5.74) is 5.69. The number of imidazole rings is 1. The third-order valence-electron chi connectivity index (χ3n) is 5.58. The van der Waals surface area contributed by atoms with Gasteiger partial charge in [-0.25, -0.2) is 14.6 Å². The van der Waals surface area contributed by atoms with Crippen molar-refractivity contribution in [2.24, 2.45) is 7.05 Å². The summed E-state index contributed by atoms with van der Waals surface area (Å²) in [7, 11) is 1.78. The van der Waals surface area contributed by atoms with Crippen LogP contribution in [-0.2, 0) is 7.05 Å². The molecule has 5 aromatic rings. The zero-order valence-electron chi connectivity index (χ0n) is 18.4. The summed E-state index contributed by atoms with van der Waals surface area (Å²) >= 11 is 0. The standard InChI is InChI=1S/C24H22N8O/c1-15-4-5-18(12-26-15)28-17-6-8-22-21(10-17)27-14-31(22)23-9-7-20(16(2)33)24(29-23)32-13-19(11-25)30(32)3/h4-10,12-14,16,28,33H,1-3H3. The van der Waals surface area contributed by atoms with Gasteiger partial charge in [0.25, 0.3) is 0 Å². The molecule has 0 saturated carbocycles. The Hall–Kier alpha value is -4.42. The average Bonchev–Trinajstić information content (AvgIpc) is 3.23. The Bertz CT molecular complexity index is 1500. The first-order chi connectivity index (χ1) is 15.9. The highest BCUT2D eigenvalue weighted by atomic mass is 16.3. The van der Waals surface area contributed by atoms with E-state index in [1.54, 1.807) is 42.1 Å². The summed E-state index contributed by atoms with van der Waals surface area (Å²) in [5.74, 6) is 1.23. The monoisotopic (exact) mass is 438 g/mol. The average molecular weight is 438 g/mol. The molecule has 33 heavy (non-hydrogen) atoms. The number of aliphatic hydroxyl groups is 1. The van der Waals surface area contributed by atoms with Crippen molar-refractivity contribution in [3.8, 4) is 17.7 Å². The maximum atomic E-state index is 10.2. The Morgan fingerprint density at radius 3 is 2.61 bits per heavy atom. The van der Waals surface area contributed by atoms with Crippen LogP contribution in [0.3, 0.4) is 0 Å². The van der Waals surface area contributed by atoms with E-state index in [0.717, 1.165) is 28.1 Å². The van der Waals surface area contributed by atoms with Gasteiger partial charge < -0.3 is 10.4 Å². The van der Waals surface area contributed by atoms with Gasteiger partial charge in [0.05, 0.1) is 35.2 Å². The number of benzene rings is 1. The number of anilines is 2. The van der Waals surface area contributed by atoms with Gasteiger partial charge in [-0.05, 0) is 56.3 Å². The molecule has 0 spiro atoms. The van der Waals surface area contributed by atoms with E-state index in [1.807, 2.05) is 54.0 Å². The molecule has 1 atom stereocenters. The van der Waals surface area contributed by atoms with E-state index < -0.39 is 6.10 Å². The van der Waals surface area contributed by atoms with Crippen LogP contribution in [0.5, 0.6) is 0 Å². The lowest BCUT2D eigenvalue weighted by Crippen LogP contribution is -2.23. The van der Waals surface area contributed by atoms with Crippen molar-refractivity contribution in [2.75, 3.05) is 5.32 Å². The highest BCUT2D eigenvalue weighted by Gasteiger charge is 2.18. The molecule has 9 heteroatoms. The molecular weight excluding hydrogens is 416 g/mol. The highest BCUT2D eigenvalue weighted by Crippen LogP contribution is 2.27. The number of aliphatic hydroxyl groups excluding tert-OH is 1. The molecule has 0 aliphatic rings. The SMILES string of the molecule is Cc1ccc(Nc2ccc3c(c2)ncn3-c2ccc(C(C)O)c(-n3cc(C#N)n3C)n2)cn1. The van der Waals surface area contributed by atoms with Crippen molar-refractivity contribution in [2.45, 2.75) is 20.0 Å². The van der Waals surface area contributed by atoms with Gasteiger partial charge in [-0.1, -0.05) is 0 Å². The van der Waals surface area contributed by atoms with E-state index in [2.05, 4.69) is 21.4 Å². The van der Waals surface area contributed by atoms with Gasteiger partial charge in [0.2, 0.25) is 0 Å². The van der Waals surface area contributed by atoms with Crippen LogP contribution in [0.4, 0.5) is 11.4 Å². The second-order valence-corrected chi connectivity index (χ2v) is 7.88. The number of fused-ring (bicyclic) bond motifs is 1. The minimum absolute atomic E-state index is 0.524. The summed E-state index contributed by atoms with van der Waals surface area (Å²) in [6, 6.07) is 15.7. The van der Waals surface area contributed by atoms with E-state index in [9.17, 15) is 10.4 Å². The largest absolute Gasteiger partial charge is 0.389 e. The molecule has 0 radical (unpaired) electrons. The summed E-state index contributed by atoms with van der Waals surface area (Å²) in [4.78, 5) is 13.7. The molecule has 0 bridgehead atoms. The first kappa shape index (κ1) is 20.5. The number of aromatic nitrogens is 6. The number of aryl methyl sites for hydroxylation is 1. The lowest BCUT2D eigenvalue weighted by Gasteiger charge is -2.22. The topological polar surface area (TPSA) is 110 Å². The molecule has 0 saturated heterocycles. The van der Waals surface area contributed by atoms with Gasteiger partial charge in [-0.15, -0.1) is 0 Å². The molecule has 0 fully saturated rings. The van der Waals surface area contributed by atoms with Crippen LogP contribution in [0, 0.1) is 18.3 Å². The van der Waals surface area contributed by atoms with Gasteiger partial charge in [0.1, 0.15) is 18.2 Å². The van der Waals surface area contributed by atoms with Crippen molar-refractivity contribution >= 4 is 22.4 Å². The van der Waals surface area contributed by atoms with Gasteiger partial charge in [0, 0.05) is 24.0 Å². The smallest absolute Gasteiger partial charge is 0.159 e. The van der Waals surface area contributed by atoms with Crippen molar-refractivity contribution in [1.29, 1.82) is 5.26 Å². The third kappa shape index (κ3) is 3.62. The van der Waals surface area contributed by atoms with E-state index in [-0.39, 0.29) is 0 Å². The highest BCUT2D eigenvalue weighted by molar-refractivity contribution is 5.82. The quantitative estimate of drug-likeness (QED) is 0.430. The molecule has 4 aromatic heterocycles. The van der Waals surface area contributed by atoms with Crippen molar-refractivity contribution in [1.82, 2.24) is 28.9 Å². The molecule has 1 unspecified atom stereocenters. The van der Waals surface area contributed by atoms with Crippen LogP contribution in [0.15, 0.2) is 61.2 Å². The molecule has 4 heterocycles. The number of hydrogen-bond donors (Lipinski definition) is 2. The third-order valence-corrected chi connectivity index (χ3v) is 5.58. The number of nitriles is 1. The number of nitrogens with one attached hydrogen (secondary N) is 1. The van der Waals surface area contributed by atoms with Crippen molar-refractivity contribution in [3.63, 3.8) is 0 Å². The predicted octanol–water partition coefficient (Wildman–Crippen LogP) is 3.92. The Balaban J connectivity index is 1.52. The second kappa shape index (κ2) is 7.93. The lowest BCUT2D eigenvalue weighted by atomic mass is 10.1. The molecule has 9 nitrogen and oxygen atoms in total. The van der Waals surface area contributed by atoms with Gasteiger partial charge in [0.15, 0.2) is 11.5 Å². The van der Waals surface area contributed by atoms with Crippen LogP contribution in [-0.4, -0.2) is 34.0 Å². The van der Waals surface area contributed by atoms with Crippen LogP contribution in [0.2, 0.25) is 0 Å². The fourth-order valence-electron chi connectivity index (χ4n) is 3.72. The molecule has 2 N–H and O–H groups in total. The van der Waals surface area contributed by atoms with Crippen LogP contribution in [0.1, 0.15) is 30.0 Å². The molecule has 5 rings (SSSR count). The first-order valence-electron chi connectivity index (χ1n) is 10.5. The Morgan fingerprint density at radius 1 is 1.09 bits per heavy atom. The summed E-state index contributed by atoms with van der Waals surface area (Å²) in [6.45, 7) is 3.65. The van der Waals surface area contributed by atoms with E-state index in [0.29, 0.717) is 22.9 Å². The van der Waals surface area contributed by atoms with Gasteiger partial charge in [-0.2, -0.15) is 5.26 Å². The van der Waals surface area contributed by atoms with E-state index >= 15 is 0 Å². The van der Waals surface area contributed by atoms with Crippen LogP contribution < -0.4 is 5.32 Å². The Labute approximate surface area is 190 Å². The molecule has 0 aliphatic carbocycles. The number of hydrogen-bond acceptors (Lipinski definition) is 6. The zero-order chi connectivity index (χ0) is 23.1. The summed E-state index contributed by atoms with van der Waals surface area (Å²) < 4.78 is 5.35. The van der Waals surface area contributed by atoms with Gasteiger partial charge >= 0.3 is 0 Å². The predicted molar refractivity (Wildman–Crippen MR) is 125 cm³/mol. The van der Waals surface area contributed by atoms with Gasteiger partial charge in [-0.3, -0.25) is 14.2 Å². The Kier molecular flexibility index (Phi) is 4.92. The second-order valence-electron chi connectivity index (χ2n) is 7.88. The van der Waals surface area contributed by atoms with E-state index in [1.165, 1.54) is 0 Å². The fourth-order valence-corrected chi connectivity index (χ4v) is 3.72. The lowest BCUT2D eigenvalue weighted by molar-refractivity contribution is 0.198. The minimum Gasteiger partial charge on any atom is -0.389 e. The maximum Gasteiger partial charge on any atom is 0.159 e. The Morgan fingerprint density at radius 2 is 1.91 bits per heavy atom. The molecule has 1 aromatic carbocycles. The molecule has 164 valence electrons. The normalized spacial score (nSPS) is 12.1. The summed E-state index contributed by atoms with van der Waals surface area (Å²) in [5, 5.41) is 22.8.